The van der Waals surface area contributed by atoms with Crippen molar-refractivity contribution in [3.05, 3.63) is 23.8 Å². The second kappa shape index (κ2) is 10.6. The molecule has 0 bridgehead atoms. The van der Waals surface area contributed by atoms with Crippen molar-refractivity contribution < 1.29 is 24.2 Å². The molecule has 2 aliphatic heterocycles. The van der Waals surface area contributed by atoms with Gasteiger partial charge < -0.3 is 25.0 Å². The van der Waals surface area contributed by atoms with Crippen LogP contribution >= 0.6 is 0 Å². The summed E-state index contributed by atoms with van der Waals surface area (Å²) in [6.45, 7) is 7.06. The van der Waals surface area contributed by atoms with Gasteiger partial charge in [0.1, 0.15) is 12.3 Å². The minimum atomic E-state index is -1.00. The minimum absolute atomic E-state index is 0.00430. The number of piperidine rings is 1. The number of nitrogens with one attached hydrogen (secondary N) is 1. The molecule has 1 saturated heterocycles. The molecule has 1 aromatic carbocycles. The van der Waals surface area contributed by atoms with Crippen molar-refractivity contribution in [2.24, 2.45) is 11.8 Å². The number of benzene rings is 1. The SMILES string of the molecule is CC(C)CN1C(=O)CN(CCC(=O)O)C(=O)c2cc(OCCC3CCNCC3)ccc21. The van der Waals surface area contributed by atoms with Gasteiger partial charge in [0.2, 0.25) is 5.91 Å². The molecule has 3 rings (SSSR count). The Bertz CT molecular complexity index is 804. The second-order valence-electron chi connectivity index (χ2n) is 8.78. The first-order chi connectivity index (χ1) is 14.8. The van der Waals surface area contributed by atoms with E-state index in [-0.39, 0.29) is 37.2 Å². The summed E-state index contributed by atoms with van der Waals surface area (Å²) in [6.07, 6.45) is 3.06. The molecule has 2 heterocycles. The van der Waals surface area contributed by atoms with Crippen LogP contribution in [0, 0.1) is 11.8 Å². The quantitative estimate of drug-likeness (QED) is 0.623. The van der Waals surface area contributed by atoms with Gasteiger partial charge in [-0.1, -0.05) is 13.8 Å². The Labute approximate surface area is 183 Å². The Morgan fingerprint density at radius 2 is 2.00 bits per heavy atom. The molecule has 0 aromatic heterocycles. The van der Waals surface area contributed by atoms with Crippen LogP contribution in [0.2, 0.25) is 0 Å². The molecule has 0 aliphatic carbocycles. The highest BCUT2D eigenvalue weighted by atomic mass is 16.5. The van der Waals surface area contributed by atoms with Crippen molar-refractivity contribution in [1.29, 1.82) is 0 Å². The fraction of sp³-hybridized carbons (Fsp3) is 0.609. The maximum absolute atomic E-state index is 13.2. The lowest BCUT2D eigenvalue weighted by atomic mass is 9.95. The van der Waals surface area contributed by atoms with Gasteiger partial charge >= 0.3 is 5.97 Å². The number of nitrogens with zero attached hydrogens (tertiary/aromatic N) is 2. The Morgan fingerprint density at radius 1 is 1.26 bits per heavy atom. The van der Waals surface area contributed by atoms with E-state index in [4.69, 9.17) is 9.84 Å². The topological polar surface area (TPSA) is 99.2 Å². The van der Waals surface area contributed by atoms with Crippen molar-refractivity contribution in [3.8, 4) is 5.75 Å². The Balaban J connectivity index is 1.79. The summed E-state index contributed by atoms with van der Waals surface area (Å²) < 4.78 is 5.95. The number of ether oxygens (including phenoxy) is 1. The first-order valence-electron chi connectivity index (χ1n) is 11.1. The summed E-state index contributed by atoms with van der Waals surface area (Å²) in [5, 5.41) is 12.4. The molecule has 170 valence electrons. The summed E-state index contributed by atoms with van der Waals surface area (Å²) in [6, 6.07) is 5.27. The summed E-state index contributed by atoms with van der Waals surface area (Å²) in [7, 11) is 0. The third kappa shape index (κ3) is 6.19. The van der Waals surface area contributed by atoms with Crippen LogP contribution in [0.3, 0.4) is 0 Å². The molecule has 2 amide bonds. The van der Waals surface area contributed by atoms with E-state index in [1.807, 2.05) is 19.9 Å². The Morgan fingerprint density at radius 3 is 2.68 bits per heavy atom. The zero-order chi connectivity index (χ0) is 22.4. The van der Waals surface area contributed by atoms with Crippen molar-refractivity contribution in [3.63, 3.8) is 0 Å². The average Bonchev–Trinajstić information content (AvgIpc) is 2.83. The molecule has 31 heavy (non-hydrogen) atoms. The number of rotatable bonds is 9. The molecule has 2 N–H and O–H groups in total. The fourth-order valence-electron chi connectivity index (χ4n) is 4.13. The van der Waals surface area contributed by atoms with Crippen molar-refractivity contribution in [1.82, 2.24) is 10.2 Å². The molecule has 0 atom stereocenters. The molecule has 0 spiro atoms. The van der Waals surface area contributed by atoms with E-state index in [0.29, 0.717) is 36.1 Å². The highest BCUT2D eigenvalue weighted by molar-refractivity contribution is 6.10. The van der Waals surface area contributed by atoms with Gasteiger partial charge in [-0.3, -0.25) is 14.4 Å². The van der Waals surface area contributed by atoms with E-state index in [1.165, 1.54) is 4.90 Å². The number of amides is 2. The summed E-state index contributed by atoms with van der Waals surface area (Å²) in [5.74, 6) is -0.0741. The van der Waals surface area contributed by atoms with Gasteiger partial charge in [-0.05, 0) is 62.4 Å². The van der Waals surface area contributed by atoms with E-state index >= 15 is 0 Å². The van der Waals surface area contributed by atoms with Crippen LogP contribution in [-0.4, -0.2) is 67.1 Å². The largest absolute Gasteiger partial charge is 0.494 e. The predicted octanol–water partition coefficient (Wildman–Crippen LogP) is 2.37. The van der Waals surface area contributed by atoms with Crippen LogP contribution in [0.15, 0.2) is 18.2 Å². The molecule has 1 fully saturated rings. The van der Waals surface area contributed by atoms with Crippen molar-refractivity contribution in [2.75, 3.05) is 44.2 Å². The fourth-order valence-corrected chi connectivity index (χ4v) is 4.13. The van der Waals surface area contributed by atoms with Gasteiger partial charge in [-0.2, -0.15) is 0 Å². The molecular formula is C23H33N3O5. The van der Waals surface area contributed by atoms with Crippen molar-refractivity contribution >= 4 is 23.5 Å². The third-order valence-electron chi connectivity index (χ3n) is 5.80. The standard InChI is InChI=1S/C23H33N3O5/c1-16(2)14-26-20-4-3-18(31-12-8-17-5-9-24-10-6-17)13-19(20)23(30)25(15-21(26)27)11-7-22(28)29/h3-4,13,16-17,24H,5-12,14-15H2,1-2H3,(H,28,29). The predicted molar refractivity (Wildman–Crippen MR) is 117 cm³/mol. The van der Waals surface area contributed by atoms with Crippen LogP contribution < -0.4 is 15.0 Å². The van der Waals surface area contributed by atoms with E-state index in [9.17, 15) is 14.4 Å². The molecule has 2 aliphatic rings. The third-order valence-corrected chi connectivity index (χ3v) is 5.80. The number of hydrogen-bond acceptors (Lipinski definition) is 5. The van der Waals surface area contributed by atoms with Gasteiger partial charge in [0.05, 0.1) is 24.3 Å². The van der Waals surface area contributed by atoms with Gasteiger partial charge in [0, 0.05) is 13.1 Å². The first kappa shape index (κ1) is 23.1. The Kier molecular flexibility index (Phi) is 7.90. The van der Waals surface area contributed by atoms with Crippen LogP contribution in [0.5, 0.6) is 5.75 Å². The van der Waals surface area contributed by atoms with E-state index < -0.39 is 5.97 Å². The lowest BCUT2D eigenvalue weighted by molar-refractivity contribution is -0.137. The number of carbonyl (C=O) groups excluding carboxylic acids is 2. The van der Waals surface area contributed by atoms with Gasteiger partial charge in [-0.15, -0.1) is 0 Å². The van der Waals surface area contributed by atoms with Crippen LogP contribution in [0.25, 0.3) is 0 Å². The van der Waals surface area contributed by atoms with Gasteiger partial charge in [-0.25, -0.2) is 0 Å². The van der Waals surface area contributed by atoms with Crippen LogP contribution in [0.1, 0.15) is 49.9 Å². The maximum Gasteiger partial charge on any atom is 0.305 e. The van der Waals surface area contributed by atoms with Crippen LogP contribution in [-0.2, 0) is 9.59 Å². The number of carboxylic acid groups (broad SMARTS) is 1. The zero-order valence-corrected chi connectivity index (χ0v) is 18.4. The molecule has 1 aromatic rings. The van der Waals surface area contributed by atoms with Gasteiger partial charge in [0.25, 0.3) is 5.91 Å². The highest BCUT2D eigenvalue weighted by Crippen LogP contribution is 2.30. The lowest BCUT2D eigenvalue weighted by Gasteiger charge is -2.25. The summed E-state index contributed by atoms with van der Waals surface area (Å²) >= 11 is 0. The molecular weight excluding hydrogens is 398 g/mol. The maximum atomic E-state index is 13.2. The summed E-state index contributed by atoms with van der Waals surface area (Å²) in [4.78, 5) is 40.1. The zero-order valence-electron chi connectivity index (χ0n) is 18.4. The van der Waals surface area contributed by atoms with E-state index in [0.717, 1.165) is 32.4 Å². The number of hydrogen-bond donors (Lipinski definition) is 2. The van der Waals surface area contributed by atoms with Crippen molar-refractivity contribution in [2.45, 2.75) is 39.5 Å². The first-order valence-corrected chi connectivity index (χ1v) is 11.1. The lowest BCUT2D eigenvalue weighted by Crippen LogP contribution is -2.41. The van der Waals surface area contributed by atoms with E-state index in [2.05, 4.69) is 5.32 Å². The number of carbonyl (C=O) groups is 3. The second-order valence-corrected chi connectivity index (χ2v) is 8.78. The molecule has 0 unspecified atom stereocenters. The molecule has 8 heteroatoms. The molecule has 0 saturated carbocycles. The summed E-state index contributed by atoms with van der Waals surface area (Å²) in [5.41, 5.74) is 0.948. The molecule has 8 nitrogen and oxygen atoms in total. The minimum Gasteiger partial charge on any atom is -0.494 e. The Hall–Kier alpha value is -2.61. The number of aliphatic carboxylic acids is 1. The normalized spacial score (nSPS) is 17.6. The smallest absolute Gasteiger partial charge is 0.305 e. The van der Waals surface area contributed by atoms with Crippen LogP contribution in [0.4, 0.5) is 5.69 Å². The average molecular weight is 432 g/mol. The number of anilines is 1. The van der Waals surface area contributed by atoms with E-state index in [1.54, 1.807) is 17.0 Å². The molecule has 0 radical (unpaired) electrons. The monoisotopic (exact) mass is 431 g/mol. The number of carboxylic acids is 1. The van der Waals surface area contributed by atoms with Gasteiger partial charge in [0.15, 0.2) is 0 Å². The number of fused-ring (bicyclic) bond motifs is 1. The highest BCUT2D eigenvalue weighted by Gasteiger charge is 2.32.